The van der Waals surface area contributed by atoms with E-state index in [-0.39, 0.29) is 23.3 Å². The van der Waals surface area contributed by atoms with E-state index in [0.717, 1.165) is 16.7 Å². The van der Waals surface area contributed by atoms with Gasteiger partial charge in [-0.05, 0) is 47.4 Å². The second-order valence-corrected chi connectivity index (χ2v) is 7.81. The molecule has 1 aliphatic heterocycles. The molecule has 0 aliphatic carbocycles. The van der Waals surface area contributed by atoms with E-state index in [1.165, 1.54) is 0 Å². The summed E-state index contributed by atoms with van der Waals surface area (Å²) in [5.41, 5.74) is 3.77. The molecule has 2 aromatic rings. The van der Waals surface area contributed by atoms with Crippen molar-refractivity contribution in [1.29, 1.82) is 0 Å². The predicted octanol–water partition coefficient (Wildman–Crippen LogP) is 3.20. The summed E-state index contributed by atoms with van der Waals surface area (Å²) in [7, 11) is 1.78. The summed E-state index contributed by atoms with van der Waals surface area (Å²) in [4.78, 5) is 39.6. The van der Waals surface area contributed by atoms with Crippen LogP contribution in [-0.2, 0) is 24.3 Å². The van der Waals surface area contributed by atoms with Crippen molar-refractivity contribution in [2.45, 2.75) is 33.4 Å². The van der Waals surface area contributed by atoms with Crippen molar-refractivity contribution in [1.82, 2.24) is 9.80 Å². The Hall–Kier alpha value is -3.15. The van der Waals surface area contributed by atoms with Crippen LogP contribution in [0, 0.1) is 5.92 Å². The van der Waals surface area contributed by atoms with Crippen molar-refractivity contribution >= 4 is 17.8 Å². The second-order valence-electron chi connectivity index (χ2n) is 7.81. The fraction of sp³-hybridized carbons (Fsp3) is 0.348. The largest absolute Gasteiger partial charge is 0.478 e. The van der Waals surface area contributed by atoms with E-state index < -0.39 is 5.97 Å². The van der Waals surface area contributed by atoms with Crippen molar-refractivity contribution in [2.75, 3.05) is 13.6 Å². The minimum absolute atomic E-state index is 0.0514. The van der Waals surface area contributed by atoms with Gasteiger partial charge in [0.05, 0.1) is 5.56 Å². The summed E-state index contributed by atoms with van der Waals surface area (Å²) in [6.07, 6.45) is 0.709. The van der Waals surface area contributed by atoms with Gasteiger partial charge in [0, 0.05) is 38.2 Å². The molecule has 152 valence electrons. The number of carboxylic acid groups (broad SMARTS) is 1. The van der Waals surface area contributed by atoms with Crippen LogP contribution in [0.2, 0.25) is 0 Å². The summed E-state index contributed by atoms with van der Waals surface area (Å²) in [6, 6.07) is 12.4. The van der Waals surface area contributed by atoms with Crippen molar-refractivity contribution in [2.24, 2.45) is 5.92 Å². The Morgan fingerprint density at radius 3 is 2.31 bits per heavy atom. The Balaban J connectivity index is 1.69. The molecule has 0 atom stereocenters. The Morgan fingerprint density at radius 2 is 1.69 bits per heavy atom. The smallest absolute Gasteiger partial charge is 0.335 e. The number of hydrogen-bond acceptors (Lipinski definition) is 3. The Kier molecular flexibility index (Phi) is 6.01. The average Bonchev–Trinajstić information content (AvgIpc) is 2.72. The molecule has 1 heterocycles. The van der Waals surface area contributed by atoms with E-state index in [1.807, 2.05) is 32.0 Å². The zero-order valence-corrected chi connectivity index (χ0v) is 17.0. The predicted molar refractivity (Wildman–Crippen MR) is 110 cm³/mol. The molecule has 0 unspecified atom stereocenters. The van der Waals surface area contributed by atoms with Gasteiger partial charge in [-0.1, -0.05) is 32.0 Å². The maximum atomic E-state index is 12.9. The van der Waals surface area contributed by atoms with E-state index >= 15 is 0 Å². The number of rotatable bonds is 5. The highest BCUT2D eigenvalue weighted by atomic mass is 16.4. The van der Waals surface area contributed by atoms with Crippen LogP contribution in [0.1, 0.15) is 51.3 Å². The van der Waals surface area contributed by atoms with E-state index in [1.54, 1.807) is 41.1 Å². The van der Waals surface area contributed by atoms with Crippen molar-refractivity contribution < 1.29 is 19.5 Å². The maximum Gasteiger partial charge on any atom is 0.335 e. The van der Waals surface area contributed by atoms with Gasteiger partial charge in [-0.15, -0.1) is 0 Å². The Labute approximate surface area is 170 Å². The van der Waals surface area contributed by atoms with E-state index in [0.29, 0.717) is 31.6 Å². The van der Waals surface area contributed by atoms with Crippen LogP contribution in [0.4, 0.5) is 0 Å². The first-order valence-electron chi connectivity index (χ1n) is 9.74. The average molecular weight is 394 g/mol. The molecule has 6 heteroatoms. The van der Waals surface area contributed by atoms with Crippen molar-refractivity contribution in [3.8, 4) is 0 Å². The number of nitrogens with zero attached hydrogens (tertiary/aromatic N) is 2. The van der Waals surface area contributed by atoms with Gasteiger partial charge in [0.25, 0.3) is 5.91 Å². The highest BCUT2D eigenvalue weighted by molar-refractivity contribution is 5.94. The summed E-state index contributed by atoms with van der Waals surface area (Å²) in [5.74, 6) is -1.01. The number of carbonyl (C=O) groups is 3. The number of amides is 2. The summed E-state index contributed by atoms with van der Waals surface area (Å²) in [5, 5.41) is 9.19. The molecule has 0 bridgehead atoms. The van der Waals surface area contributed by atoms with Gasteiger partial charge in [-0.2, -0.15) is 0 Å². The molecule has 0 spiro atoms. The van der Waals surface area contributed by atoms with Crippen LogP contribution < -0.4 is 0 Å². The molecule has 29 heavy (non-hydrogen) atoms. The summed E-state index contributed by atoms with van der Waals surface area (Å²) < 4.78 is 0. The third-order valence-corrected chi connectivity index (χ3v) is 5.24. The number of benzene rings is 2. The Morgan fingerprint density at radius 1 is 1.03 bits per heavy atom. The molecule has 0 radical (unpaired) electrons. The van der Waals surface area contributed by atoms with Crippen molar-refractivity contribution in [3.05, 3.63) is 70.3 Å². The van der Waals surface area contributed by atoms with Crippen molar-refractivity contribution in [3.63, 3.8) is 0 Å². The molecule has 2 amide bonds. The highest BCUT2D eigenvalue weighted by Crippen LogP contribution is 2.22. The molecule has 3 rings (SSSR count). The number of carboxylic acids is 1. The number of hydrogen-bond donors (Lipinski definition) is 1. The number of aromatic carboxylic acids is 1. The lowest BCUT2D eigenvalue weighted by Crippen LogP contribution is -2.36. The van der Waals surface area contributed by atoms with Gasteiger partial charge < -0.3 is 14.9 Å². The first kappa shape index (κ1) is 20.6. The van der Waals surface area contributed by atoms with Crippen LogP contribution in [-0.4, -0.2) is 46.3 Å². The first-order valence-corrected chi connectivity index (χ1v) is 9.74. The fourth-order valence-electron chi connectivity index (χ4n) is 3.59. The van der Waals surface area contributed by atoms with E-state index in [9.17, 15) is 19.5 Å². The van der Waals surface area contributed by atoms with E-state index in [2.05, 4.69) is 0 Å². The lowest BCUT2D eigenvalue weighted by atomic mass is 9.96. The van der Waals surface area contributed by atoms with E-state index in [4.69, 9.17) is 0 Å². The van der Waals surface area contributed by atoms with Gasteiger partial charge in [-0.25, -0.2) is 4.79 Å². The normalized spacial score (nSPS) is 13.2. The molecular formula is C23H26N2O4. The zero-order chi connectivity index (χ0) is 21.1. The number of carbonyl (C=O) groups excluding carboxylic acids is 2. The molecule has 0 aromatic heterocycles. The topological polar surface area (TPSA) is 77.9 Å². The highest BCUT2D eigenvalue weighted by Gasteiger charge is 2.23. The fourth-order valence-corrected chi connectivity index (χ4v) is 3.59. The minimum Gasteiger partial charge on any atom is -0.478 e. The third kappa shape index (κ3) is 4.65. The van der Waals surface area contributed by atoms with Crippen LogP contribution in [0.5, 0.6) is 0 Å². The molecule has 1 N–H and O–H groups in total. The molecule has 0 saturated carbocycles. The standard InChI is InChI=1S/C23H26N2O4/c1-15(2)21(26)24(3)13-16-4-6-18(7-5-16)22(27)25-11-10-17-8-9-19(23(28)29)12-20(17)14-25/h4-9,12,15H,10-11,13-14H2,1-3H3,(H,28,29). The van der Waals surface area contributed by atoms with Gasteiger partial charge in [0.2, 0.25) is 5.91 Å². The lowest BCUT2D eigenvalue weighted by molar-refractivity contribution is -0.133. The zero-order valence-electron chi connectivity index (χ0n) is 17.0. The molecule has 6 nitrogen and oxygen atoms in total. The lowest BCUT2D eigenvalue weighted by Gasteiger charge is -2.29. The second kappa shape index (κ2) is 8.47. The molecule has 0 fully saturated rings. The van der Waals surface area contributed by atoms with Gasteiger partial charge >= 0.3 is 5.97 Å². The number of fused-ring (bicyclic) bond motifs is 1. The third-order valence-electron chi connectivity index (χ3n) is 5.24. The molecule has 1 aliphatic rings. The summed E-state index contributed by atoms with van der Waals surface area (Å²) >= 11 is 0. The van der Waals surface area contributed by atoms with Crippen LogP contribution in [0.3, 0.4) is 0 Å². The Bertz CT molecular complexity index is 934. The quantitative estimate of drug-likeness (QED) is 0.845. The van der Waals surface area contributed by atoms with Crippen LogP contribution in [0.25, 0.3) is 0 Å². The van der Waals surface area contributed by atoms with Crippen LogP contribution >= 0.6 is 0 Å². The van der Waals surface area contributed by atoms with Gasteiger partial charge in [0.1, 0.15) is 0 Å². The van der Waals surface area contributed by atoms with Gasteiger partial charge in [-0.3, -0.25) is 9.59 Å². The molecule has 2 aromatic carbocycles. The molecular weight excluding hydrogens is 368 g/mol. The SMILES string of the molecule is CC(C)C(=O)N(C)Cc1ccc(C(=O)N2CCc3ccc(C(=O)O)cc3C2)cc1. The minimum atomic E-state index is -0.965. The monoisotopic (exact) mass is 394 g/mol. The first-order chi connectivity index (χ1) is 13.8. The summed E-state index contributed by atoms with van der Waals surface area (Å²) in [6.45, 7) is 5.25. The maximum absolute atomic E-state index is 12.9. The molecule has 0 saturated heterocycles. The van der Waals surface area contributed by atoms with Gasteiger partial charge in [0.15, 0.2) is 0 Å². The van der Waals surface area contributed by atoms with Crippen LogP contribution in [0.15, 0.2) is 42.5 Å².